The quantitative estimate of drug-likeness (QED) is 0.314. The molecule has 0 aliphatic carbocycles. The van der Waals surface area contributed by atoms with Gasteiger partial charge in [0.1, 0.15) is 7.05 Å². The van der Waals surface area contributed by atoms with Gasteiger partial charge in [0.15, 0.2) is 0 Å². The van der Waals surface area contributed by atoms with Crippen LogP contribution in [0.3, 0.4) is 0 Å². The van der Waals surface area contributed by atoms with Crippen LogP contribution in [-0.2, 0) is 0 Å². The van der Waals surface area contributed by atoms with Gasteiger partial charge in [0.25, 0.3) is 0 Å². The third kappa shape index (κ3) is 4.15. The van der Waals surface area contributed by atoms with Gasteiger partial charge in [-0.3, -0.25) is 0 Å². The standard InChI is InChI=1S/C32H32N3/c1-33(2)26-19-15-23(16-20-26)30(24-17-21-27(22-18-24)34(3)4)31-28-13-9-10-14-29(28)35(5)32(31)25-11-7-6-8-12-25/h6-22H,1-5H3/q+1. The lowest BCUT2D eigenvalue weighted by Gasteiger charge is -2.18. The first-order chi connectivity index (χ1) is 17.0. The summed E-state index contributed by atoms with van der Waals surface area (Å²) < 4.78 is 2.34. The number of benzene rings is 4. The minimum Gasteiger partial charge on any atom is -0.378 e. The fraction of sp³-hybridized carbons (Fsp3) is 0.156. The summed E-state index contributed by atoms with van der Waals surface area (Å²) in [5.41, 5.74) is 12.3. The first-order valence-corrected chi connectivity index (χ1v) is 12.0. The summed E-state index contributed by atoms with van der Waals surface area (Å²) in [4.78, 5) is 4.28. The van der Waals surface area contributed by atoms with E-state index in [1.165, 1.54) is 56.2 Å². The van der Waals surface area contributed by atoms with Crippen LogP contribution >= 0.6 is 0 Å². The molecule has 1 aliphatic heterocycles. The van der Waals surface area contributed by atoms with Gasteiger partial charge >= 0.3 is 0 Å². The Labute approximate surface area is 208 Å². The molecule has 0 fully saturated rings. The average Bonchev–Trinajstić information content (AvgIpc) is 3.17. The van der Waals surface area contributed by atoms with Crippen LogP contribution in [0.15, 0.2) is 103 Å². The fourth-order valence-corrected chi connectivity index (χ4v) is 4.89. The number of nitrogens with zero attached hydrogens (tertiary/aromatic N) is 3. The van der Waals surface area contributed by atoms with Crippen LogP contribution in [0.2, 0.25) is 0 Å². The Balaban J connectivity index is 1.84. The normalized spacial score (nSPS) is 12.5. The molecule has 4 aromatic rings. The average molecular weight is 459 g/mol. The molecular formula is C32H32N3+. The minimum atomic E-state index is 1.19. The van der Waals surface area contributed by atoms with Crippen LogP contribution in [-0.4, -0.2) is 45.5 Å². The first-order valence-electron chi connectivity index (χ1n) is 12.0. The molecule has 0 aromatic heterocycles. The number of hydrogen-bond acceptors (Lipinski definition) is 2. The largest absolute Gasteiger partial charge is 0.378 e. The molecule has 35 heavy (non-hydrogen) atoms. The molecule has 0 amide bonds. The predicted molar refractivity (Wildman–Crippen MR) is 150 cm³/mol. The molecule has 0 unspecified atom stereocenters. The molecule has 0 radical (unpaired) electrons. The summed E-state index contributed by atoms with van der Waals surface area (Å²) in [5.74, 6) is 0. The van der Waals surface area contributed by atoms with Crippen LogP contribution < -0.4 is 9.80 Å². The van der Waals surface area contributed by atoms with E-state index in [9.17, 15) is 0 Å². The van der Waals surface area contributed by atoms with Gasteiger partial charge in [-0.25, -0.2) is 0 Å². The van der Waals surface area contributed by atoms with Gasteiger partial charge in [-0.15, -0.1) is 0 Å². The summed E-state index contributed by atoms with van der Waals surface area (Å²) in [7, 11) is 10.5. The lowest BCUT2D eigenvalue weighted by molar-refractivity contribution is -0.400. The molecule has 174 valence electrons. The number of para-hydroxylation sites is 1. The van der Waals surface area contributed by atoms with Crippen molar-refractivity contribution in [1.29, 1.82) is 0 Å². The smallest absolute Gasteiger partial charge is 0.221 e. The Hall–Kier alpha value is -4.11. The van der Waals surface area contributed by atoms with Crippen molar-refractivity contribution in [3.05, 3.63) is 125 Å². The van der Waals surface area contributed by atoms with Gasteiger partial charge in [-0.2, -0.15) is 4.58 Å². The highest BCUT2D eigenvalue weighted by atomic mass is 15.1. The zero-order valence-corrected chi connectivity index (χ0v) is 21.2. The van der Waals surface area contributed by atoms with E-state index in [0.29, 0.717) is 0 Å². The summed E-state index contributed by atoms with van der Waals surface area (Å²) in [6, 6.07) is 37.3. The zero-order chi connectivity index (χ0) is 24.5. The molecule has 3 nitrogen and oxygen atoms in total. The van der Waals surface area contributed by atoms with Crippen LogP contribution in [0.25, 0.3) is 11.1 Å². The van der Waals surface area contributed by atoms with Crippen molar-refractivity contribution >= 4 is 33.9 Å². The van der Waals surface area contributed by atoms with Crippen molar-refractivity contribution in [1.82, 2.24) is 0 Å². The van der Waals surface area contributed by atoms with E-state index >= 15 is 0 Å². The fourth-order valence-electron chi connectivity index (χ4n) is 4.89. The van der Waals surface area contributed by atoms with Crippen LogP contribution in [0.5, 0.6) is 0 Å². The SMILES string of the molecule is CN(C)c1ccc(C(=C2C(c3ccccc3)=[N+](C)c3ccccc32)c2ccc(N(C)C)cc2)cc1. The second kappa shape index (κ2) is 9.27. The van der Waals surface area contributed by atoms with E-state index in [2.05, 4.69) is 153 Å². The van der Waals surface area contributed by atoms with Crippen LogP contribution in [0, 0.1) is 0 Å². The molecule has 0 saturated heterocycles. The van der Waals surface area contributed by atoms with E-state index in [-0.39, 0.29) is 0 Å². The number of allylic oxidation sites excluding steroid dienone is 1. The van der Waals surface area contributed by atoms with Crippen molar-refractivity contribution in [2.24, 2.45) is 0 Å². The molecule has 0 spiro atoms. The Morgan fingerprint density at radius 3 is 1.57 bits per heavy atom. The Morgan fingerprint density at radius 1 is 0.571 bits per heavy atom. The molecule has 4 aromatic carbocycles. The number of fused-ring (bicyclic) bond motifs is 1. The van der Waals surface area contributed by atoms with Crippen LogP contribution in [0.4, 0.5) is 17.1 Å². The molecule has 1 aliphatic rings. The summed E-state index contributed by atoms with van der Waals surface area (Å²) >= 11 is 0. The van der Waals surface area contributed by atoms with Gasteiger partial charge in [0.2, 0.25) is 11.4 Å². The highest BCUT2D eigenvalue weighted by Gasteiger charge is 2.36. The highest BCUT2D eigenvalue weighted by Crippen LogP contribution is 2.43. The topological polar surface area (TPSA) is 9.49 Å². The van der Waals surface area contributed by atoms with Crippen molar-refractivity contribution in [2.75, 3.05) is 45.0 Å². The van der Waals surface area contributed by atoms with Gasteiger partial charge in [-0.1, -0.05) is 54.6 Å². The Morgan fingerprint density at radius 2 is 1.06 bits per heavy atom. The van der Waals surface area contributed by atoms with Crippen molar-refractivity contribution in [2.45, 2.75) is 0 Å². The lowest BCUT2D eigenvalue weighted by atomic mass is 9.86. The monoisotopic (exact) mass is 458 g/mol. The summed E-state index contributed by atoms with van der Waals surface area (Å²) in [5, 5.41) is 0. The second-order valence-electron chi connectivity index (χ2n) is 9.42. The Kier molecular flexibility index (Phi) is 6.00. The number of hydrogen-bond donors (Lipinski definition) is 0. The van der Waals surface area contributed by atoms with Crippen LogP contribution in [0.1, 0.15) is 22.3 Å². The van der Waals surface area contributed by atoms with Gasteiger partial charge < -0.3 is 9.80 Å². The van der Waals surface area contributed by atoms with Crippen molar-refractivity contribution in [3.8, 4) is 0 Å². The van der Waals surface area contributed by atoms with Gasteiger partial charge in [0, 0.05) is 56.8 Å². The minimum absolute atomic E-state index is 1.19. The van der Waals surface area contributed by atoms with E-state index in [4.69, 9.17) is 0 Å². The molecule has 5 rings (SSSR count). The molecule has 0 atom stereocenters. The maximum atomic E-state index is 2.34. The number of rotatable bonds is 5. The molecular weight excluding hydrogens is 426 g/mol. The van der Waals surface area contributed by atoms with E-state index in [0.717, 1.165) is 0 Å². The van der Waals surface area contributed by atoms with Crippen molar-refractivity contribution < 1.29 is 4.58 Å². The van der Waals surface area contributed by atoms with Crippen molar-refractivity contribution in [3.63, 3.8) is 0 Å². The van der Waals surface area contributed by atoms with E-state index < -0.39 is 0 Å². The Bertz CT molecular complexity index is 1350. The summed E-state index contributed by atoms with van der Waals surface area (Å²) in [6.07, 6.45) is 0. The van der Waals surface area contributed by atoms with E-state index in [1.807, 2.05) is 0 Å². The third-order valence-electron chi connectivity index (χ3n) is 6.75. The maximum Gasteiger partial charge on any atom is 0.221 e. The highest BCUT2D eigenvalue weighted by molar-refractivity contribution is 6.38. The third-order valence-corrected chi connectivity index (χ3v) is 6.75. The first kappa shape index (κ1) is 22.7. The second-order valence-corrected chi connectivity index (χ2v) is 9.42. The maximum absolute atomic E-state index is 2.34. The molecule has 0 saturated carbocycles. The zero-order valence-electron chi connectivity index (χ0n) is 21.2. The molecule has 1 heterocycles. The number of anilines is 2. The lowest BCUT2D eigenvalue weighted by Crippen LogP contribution is -2.12. The molecule has 0 N–H and O–H groups in total. The van der Waals surface area contributed by atoms with E-state index in [1.54, 1.807) is 0 Å². The molecule has 3 heteroatoms. The molecule has 0 bridgehead atoms. The van der Waals surface area contributed by atoms with Gasteiger partial charge in [-0.05, 0) is 53.6 Å². The summed E-state index contributed by atoms with van der Waals surface area (Å²) in [6.45, 7) is 0. The predicted octanol–water partition coefficient (Wildman–Crippen LogP) is 6.55. The van der Waals surface area contributed by atoms with Gasteiger partial charge in [0.05, 0.1) is 11.1 Å².